The summed E-state index contributed by atoms with van der Waals surface area (Å²) in [5.41, 5.74) is 12.3. The third kappa shape index (κ3) is 4.50. The van der Waals surface area contributed by atoms with Crippen LogP contribution in [0.3, 0.4) is 0 Å². The summed E-state index contributed by atoms with van der Waals surface area (Å²) in [5.74, 6) is 0. The molecule has 204 valence electrons. The summed E-state index contributed by atoms with van der Waals surface area (Å²) in [6, 6.07) is 50.9. The molecule has 43 heavy (non-hydrogen) atoms. The summed E-state index contributed by atoms with van der Waals surface area (Å²) in [4.78, 5) is 16.1. The van der Waals surface area contributed by atoms with E-state index in [0.29, 0.717) is 0 Å². The van der Waals surface area contributed by atoms with Gasteiger partial charge < -0.3 is 9.88 Å². The highest BCUT2D eigenvalue weighted by atomic mass is 15.1. The number of nitrogens with one attached hydrogen (secondary N) is 1. The summed E-state index contributed by atoms with van der Waals surface area (Å²) in [7, 11) is 0. The van der Waals surface area contributed by atoms with E-state index in [-0.39, 0.29) is 0 Å². The zero-order chi connectivity index (χ0) is 28.8. The van der Waals surface area contributed by atoms with E-state index in [2.05, 4.69) is 144 Å². The van der Waals surface area contributed by atoms with Crippen LogP contribution in [0.25, 0.3) is 55.4 Å². The molecule has 0 aliphatic rings. The van der Waals surface area contributed by atoms with Crippen molar-refractivity contribution in [2.75, 3.05) is 4.90 Å². The van der Waals surface area contributed by atoms with Gasteiger partial charge in [0.2, 0.25) is 0 Å². The Morgan fingerprint density at radius 3 is 1.86 bits per heavy atom. The Hall–Kier alpha value is -5.74. The Balaban J connectivity index is 1.26. The number of anilines is 3. The molecule has 8 aromatic rings. The van der Waals surface area contributed by atoms with Crippen molar-refractivity contribution in [1.29, 1.82) is 0 Å². The third-order valence-electron chi connectivity index (χ3n) is 8.03. The van der Waals surface area contributed by atoms with Gasteiger partial charge in [0, 0.05) is 50.0 Å². The van der Waals surface area contributed by atoms with Crippen LogP contribution in [-0.2, 0) is 0 Å². The standard InChI is InChI=1S/C39H28N4/c1-26-16-22-36-37(24-26)42-38(27-10-4-2-5-11-27)39(41-36)28-17-19-30(20-18-28)43(29-12-6-3-7-13-29)31-21-23-35-33(25-31)32-14-8-9-15-34(32)40-35/h2-25,40H,1H3. The van der Waals surface area contributed by atoms with E-state index >= 15 is 0 Å². The molecule has 0 aliphatic heterocycles. The van der Waals surface area contributed by atoms with Crippen molar-refractivity contribution >= 4 is 49.9 Å². The maximum atomic E-state index is 5.13. The Morgan fingerprint density at radius 1 is 0.465 bits per heavy atom. The second-order valence-electron chi connectivity index (χ2n) is 10.9. The van der Waals surface area contributed by atoms with Gasteiger partial charge in [-0.2, -0.15) is 0 Å². The molecule has 0 radical (unpaired) electrons. The zero-order valence-corrected chi connectivity index (χ0v) is 23.7. The van der Waals surface area contributed by atoms with Gasteiger partial charge >= 0.3 is 0 Å². The number of para-hydroxylation sites is 2. The summed E-state index contributed by atoms with van der Waals surface area (Å²) in [5, 5.41) is 2.43. The number of hydrogen-bond acceptors (Lipinski definition) is 3. The van der Waals surface area contributed by atoms with E-state index in [1.54, 1.807) is 0 Å². The van der Waals surface area contributed by atoms with Gasteiger partial charge in [-0.3, -0.25) is 0 Å². The van der Waals surface area contributed by atoms with Crippen LogP contribution in [0.4, 0.5) is 17.1 Å². The van der Waals surface area contributed by atoms with E-state index in [1.807, 2.05) is 18.2 Å². The molecule has 4 nitrogen and oxygen atoms in total. The lowest BCUT2D eigenvalue weighted by Gasteiger charge is -2.26. The summed E-state index contributed by atoms with van der Waals surface area (Å²) in [6.07, 6.45) is 0. The Bertz CT molecular complexity index is 2230. The van der Waals surface area contributed by atoms with E-state index in [1.165, 1.54) is 16.3 Å². The van der Waals surface area contributed by atoms with Crippen molar-refractivity contribution in [2.45, 2.75) is 6.92 Å². The van der Waals surface area contributed by atoms with Crippen LogP contribution >= 0.6 is 0 Å². The quantitative estimate of drug-likeness (QED) is 0.231. The smallest absolute Gasteiger partial charge is 0.0973 e. The molecule has 0 fully saturated rings. The lowest BCUT2D eigenvalue weighted by molar-refractivity contribution is 1.27. The van der Waals surface area contributed by atoms with Gasteiger partial charge in [0.05, 0.1) is 22.4 Å². The van der Waals surface area contributed by atoms with Crippen molar-refractivity contribution in [1.82, 2.24) is 15.0 Å². The first kappa shape index (κ1) is 25.0. The van der Waals surface area contributed by atoms with Gasteiger partial charge in [0.15, 0.2) is 0 Å². The maximum absolute atomic E-state index is 5.13. The predicted molar refractivity (Wildman–Crippen MR) is 179 cm³/mol. The fourth-order valence-corrected chi connectivity index (χ4v) is 5.93. The SMILES string of the molecule is Cc1ccc2nc(-c3ccc(N(c4ccccc4)c4ccc5[nH]c6ccccc6c5c4)cc3)c(-c3ccccc3)nc2c1. The molecule has 8 rings (SSSR count). The normalized spacial score (nSPS) is 11.4. The van der Waals surface area contributed by atoms with Gasteiger partial charge in [0.25, 0.3) is 0 Å². The topological polar surface area (TPSA) is 44.8 Å². The number of nitrogens with zero attached hydrogens (tertiary/aromatic N) is 3. The van der Waals surface area contributed by atoms with Crippen molar-refractivity contribution in [2.24, 2.45) is 0 Å². The van der Waals surface area contributed by atoms with Crippen LogP contribution in [-0.4, -0.2) is 15.0 Å². The maximum Gasteiger partial charge on any atom is 0.0973 e. The highest BCUT2D eigenvalue weighted by Crippen LogP contribution is 2.39. The lowest BCUT2D eigenvalue weighted by Crippen LogP contribution is -2.09. The largest absolute Gasteiger partial charge is 0.355 e. The fourth-order valence-electron chi connectivity index (χ4n) is 5.93. The molecule has 2 aromatic heterocycles. The minimum Gasteiger partial charge on any atom is -0.355 e. The molecular weight excluding hydrogens is 524 g/mol. The second-order valence-corrected chi connectivity index (χ2v) is 10.9. The van der Waals surface area contributed by atoms with Gasteiger partial charge in [-0.15, -0.1) is 0 Å². The van der Waals surface area contributed by atoms with E-state index in [9.17, 15) is 0 Å². The molecule has 0 saturated carbocycles. The molecule has 0 aliphatic carbocycles. The molecule has 1 N–H and O–H groups in total. The molecule has 0 amide bonds. The van der Waals surface area contributed by atoms with E-state index < -0.39 is 0 Å². The summed E-state index contributed by atoms with van der Waals surface area (Å²) < 4.78 is 0. The third-order valence-corrected chi connectivity index (χ3v) is 8.03. The molecule has 0 spiro atoms. The van der Waals surface area contributed by atoms with Crippen molar-refractivity contribution in [3.05, 3.63) is 151 Å². The van der Waals surface area contributed by atoms with Crippen LogP contribution in [0, 0.1) is 6.92 Å². The van der Waals surface area contributed by atoms with Gasteiger partial charge in [-0.1, -0.05) is 84.9 Å². The summed E-state index contributed by atoms with van der Waals surface area (Å²) >= 11 is 0. The fraction of sp³-hybridized carbons (Fsp3) is 0.0256. The Morgan fingerprint density at radius 2 is 1.07 bits per heavy atom. The molecule has 0 bridgehead atoms. The lowest BCUT2D eigenvalue weighted by atomic mass is 10.0. The zero-order valence-electron chi connectivity index (χ0n) is 23.7. The average Bonchev–Trinajstić information content (AvgIpc) is 3.44. The minimum atomic E-state index is 0.876. The highest BCUT2D eigenvalue weighted by molar-refractivity contribution is 6.08. The van der Waals surface area contributed by atoms with Gasteiger partial charge in [-0.05, 0) is 73.2 Å². The van der Waals surface area contributed by atoms with Crippen molar-refractivity contribution in [3.63, 3.8) is 0 Å². The molecular formula is C39H28N4. The number of rotatable bonds is 5. The first-order valence-electron chi connectivity index (χ1n) is 14.5. The predicted octanol–water partition coefficient (Wildman–Crippen LogP) is 10.4. The van der Waals surface area contributed by atoms with Crippen LogP contribution in [0.5, 0.6) is 0 Å². The number of benzene rings is 6. The Labute approximate surface area is 249 Å². The van der Waals surface area contributed by atoms with Crippen LogP contribution in [0.1, 0.15) is 5.56 Å². The van der Waals surface area contributed by atoms with Gasteiger partial charge in [-0.25, -0.2) is 9.97 Å². The number of aryl methyl sites for hydroxylation is 1. The number of fused-ring (bicyclic) bond motifs is 4. The molecule has 4 heteroatoms. The highest BCUT2D eigenvalue weighted by Gasteiger charge is 2.17. The molecule has 0 unspecified atom stereocenters. The number of H-pyrrole nitrogens is 1. The van der Waals surface area contributed by atoms with Crippen LogP contribution in [0.15, 0.2) is 146 Å². The van der Waals surface area contributed by atoms with Crippen LogP contribution < -0.4 is 4.90 Å². The first-order chi connectivity index (χ1) is 21.2. The molecule has 0 atom stereocenters. The molecule has 2 heterocycles. The first-order valence-corrected chi connectivity index (χ1v) is 14.5. The Kier molecular flexibility index (Phi) is 5.97. The van der Waals surface area contributed by atoms with Crippen molar-refractivity contribution < 1.29 is 0 Å². The molecule has 0 saturated heterocycles. The van der Waals surface area contributed by atoms with Crippen molar-refractivity contribution in [3.8, 4) is 22.5 Å². The van der Waals surface area contributed by atoms with Gasteiger partial charge in [0.1, 0.15) is 0 Å². The van der Waals surface area contributed by atoms with E-state index in [0.717, 1.165) is 61.6 Å². The van der Waals surface area contributed by atoms with Crippen LogP contribution in [0.2, 0.25) is 0 Å². The second kappa shape index (κ2) is 10.3. The average molecular weight is 553 g/mol. The minimum absolute atomic E-state index is 0.876. The summed E-state index contributed by atoms with van der Waals surface area (Å²) in [6.45, 7) is 2.09. The van der Waals surface area contributed by atoms with E-state index in [4.69, 9.17) is 9.97 Å². The molecule has 6 aromatic carbocycles. The number of aromatic amines is 1. The number of aromatic nitrogens is 3. The number of hydrogen-bond donors (Lipinski definition) is 1. The monoisotopic (exact) mass is 552 g/mol.